The van der Waals surface area contributed by atoms with E-state index < -0.39 is 0 Å². The standard InChI is InChI=1S/C28H30N4O2S/c1-19(2)24-12-8-9-13-25(24)32-27(22-14-16-23(34-4)17-15-22)30-31-28(32)35-18-26(33)29-20(3)21-10-6-5-7-11-21/h5-17,19-20H,18H2,1-4H3,(H,29,33). The van der Waals surface area contributed by atoms with Gasteiger partial charge in [0, 0.05) is 5.56 Å². The van der Waals surface area contributed by atoms with Crippen LogP contribution < -0.4 is 10.1 Å². The van der Waals surface area contributed by atoms with Crippen molar-refractivity contribution in [1.29, 1.82) is 0 Å². The molecule has 0 radical (unpaired) electrons. The summed E-state index contributed by atoms with van der Waals surface area (Å²) in [5, 5.41) is 12.8. The van der Waals surface area contributed by atoms with Gasteiger partial charge in [0.2, 0.25) is 5.91 Å². The zero-order chi connectivity index (χ0) is 24.8. The Hall–Kier alpha value is -3.58. The number of thioether (sulfide) groups is 1. The van der Waals surface area contributed by atoms with Crippen LogP contribution in [0.25, 0.3) is 17.1 Å². The number of amides is 1. The minimum absolute atomic E-state index is 0.0518. The highest BCUT2D eigenvalue weighted by Crippen LogP contribution is 2.32. The third-order valence-electron chi connectivity index (χ3n) is 5.79. The highest BCUT2D eigenvalue weighted by Gasteiger charge is 2.20. The van der Waals surface area contributed by atoms with E-state index in [4.69, 9.17) is 4.74 Å². The Kier molecular flexibility index (Phi) is 7.87. The first kappa shape index (κ1) is 24.5. The summed E-state index contributed by atoms with van der Waals surface area (Å²) < 4.78 is 7.36. The molecule has 1 amide bonds. The summed E-state index contributed by atoms with van der Waals surface area (Å²) >= 11 is 1.38. The topological polar surface area (TPSA) is 69.0 Å². The van der Waals surface area contributed by atoms with Gasteiger partial charge >= 0.3 is 0 Å². The number of para-hydroxylation sites is 1. The molecule has 4 rings (SSSR count). The van der Waals surface area contributed by atoms with E-state index in [2.05, 4.69) is 46.1 Å². The molecule has 180 valence electrons. The van der Waals surface area contributed by atoms with Gasteiger partial charge in [0.25, 0.3) is 0 Å². The number of ether oxygens (including phenoxy) is 1. The average molecular weight is 487 g/mol. The van der Waals surface area contributed by atoms with Gasteiger partial charge in [-0.1, -0.05) is 74.1 Å². The molecule has 0 fully saturated rings. The van der Waals surface area contributed by atoms with Crippen LogP contribution in [-0.4, -0.2) is 33.5 Å². The van der Waals surface area contributed by atoms with Crippen LogP contribution in [0.4, 0.5) is 0 Å². The number of carbonyl (C=O) groups excluding carboxylic acids is 1. The largest absolute Gasteiger partial charge is 0.497 e. The molecule has 1 heterocycles. The van der Waals surface area contributed by atoms with Crippen molar-refractivity contribution in [3.63, 3.8) is 0 Å². The lowest BCUT2D eigenvalue weighted by molar-refractivity contribution is -0.119. The van der Waals surface area contributed by atoms with E-state index >= 15 is 0 Å². The Bertz CT molecular complexity index is 1270. The first-order valence-electron chi connectivity index (χ1n) is 11.6. The lowest BCUT2D eigenvalue weighted by Crippen LogP contribution is -2.28. The second kappa shape index (κ2) is 11.2. The Labute approximate surface area is 210 Å². The summed E-state index contributed by atoms with van der Waals surface area (Å²) in [5.41, 5.74) is 4.19. The van der Waals surface area contributed by atoms with Gasteiger partial charge in [0.1, 0.15) is 5.75 Å². The molecule has 0 aliphatic carbocycles. The van der Waals surface area contributed by atoms with Crippen molar-refractivity contribution >= 4 is 17.7 Å². The molecular formula is C28H30N4O2S. The zero-order valence-electron chi connectivity index (χ0n) is 20.4. The summed E-state index contributed by atoms with van der Waals surface area (Å²) in [5.74, 6) is 2.00. The number of methoxy groups -OCH3 is 1. The van der Waals surface area contributed by atoms with Crippen LogP contribution >= 0.6 is 11.8 Å². The van der Waals surface area contributed by atoms with E-state index in [0.29, 0.717) is 11.1 Å². The molecule has 6 nitrogen and oxygen atoms in total. The van der Waals surface area contributed by atoms with Crippen molar-refractivity contribution in [2.45, 2.75) is 37.9 Å². The fourth-order valence-corrected chi connectivity index (χ4v) is 4.68. The molecule has 3 aromatic carbocycles. The summed E-state index contributed by atoms with van der Waals surface area (Å²) in [6, 6.07) is 25.9. The summed E-state index contributed by atoms with van der Waals surface area (Å²) in [6.07, 6.45) is 0. The molecule has 4 aromatic rings. The van der Waals surface area contributed by atoms with Crippen LogP contribution in [0.1, 0.15) is 43.9 Å². The van der Waals surface area contributed by atoms with Crippen molar-refractivity contribution in [3.8, 4) is 22.8 Å². The normalized spacial score (nSPS) is 11.9. The number of hydrogen-bond acceptors (Lipinski definition) is 5. The molecule has 0 aliphatic rings. The maximum Gasteiger partial charge on any atom is 0.230 e. The second-order valence-corrected chi connectivity index (χ2v) is 9.51. The highest BCUT2D eigenvalue weighted by atomic mass is 32.2. The molecule has 0 saturated carbocycles. The maximum atomic E-state index is 12.8. The number of carbonyl (C=O) groups is 1. The van der Waals surface area contributed by atoms with E-state index in [1.807, 2.05) is 73.7 Å². The van der Waals surface area contributed by atoms with Crippen LogP contribution in [0.2, 0.25) is 0 Å². The van der Waals surface area contributed by atoms with Gasteiger partial charge in [-0.2, -0.15) is 0 Å². The molecule has 1 aromatic heterocycles. The molecule has 1 atom stereocenters. The van der Waals surface area contributed by atoms with E-state index in [9.17, 15) is 4.79 Å². The number of aromatic nitrogens is 3. The van der Waals surface area contributed by atoms with Gasteiger partial charge in [-0.15, -0.1) is 10.2 Å². The van der Waals surface area contributed by atoms with E-state index in [1.54, 1.807) is 7.11 Å². The fourth-order valence-electron chi connectivity index (χ4n) is 3.93. The van der Waals surface area contributed by atoms with Gasteiger partial charge in [-0.3, -0.25) is 9.36 Å². The minimum Gasteiger partial charge on any atom is -0.497 e. The van der Waals surface area contributed by atoms with Crippen molar-refractivity contribution in [3.05, 3.63) is 90.0 Å². The molecule has 0 saturated heterocycles. The molecule has 0 aliphatic heterocycles. The van der Waals surface area contributed by atoms with Crippen LogP contribution in [-0.2, 0) is 4.79 Å². The van der Waals surface area contributed by atoms with E-state index in [-0.39, 0.29) is 17.7 Å². The Morgan fingerprint density at radius 1 is 0.943 bits per heavy atom. The van der Waals surface area contributed by atoms with Crippen LogP contribution in [0.5, 0.6) is 5.75 Å². The highest BCUT2D eigenvalue weighted by molar-refractivity contribution is 7.99. The molecular weight excluding hydrogens is 456 g/mol. The van der Waals surface area contributed by atoms with Gasteiger partial charge in [0.05, 0.1) is 24.6 Å². The SMILES string of the molecule is COc1ccc(-c2nnc(SCC(=O)NC(C)c3ccccc3)n2-c2ccccc2C(C)C)cc1. The van der Waals surface area contributed by atoms with Gasteiger partial charge in [0.15, 0.2) is 11.0 Å². The van der Waals surface area contributed by atoms with Gasteiger partial charge in [-0.05, 0) is 54.3 Å². The monoisotopic (exact) mass is 486 g/mol. The predicted octanol–water partition coefficient (Wildman–Crippen LogP) is 6.04. The van der Waals surface area contributed by atoms with Crippen molar-refractivity contribution in [1.82, 2.24) is 20.1 Å². The molecule has 1 N–H and O–H groups in total. The summed E-state index contributed by atoms with van der Waals surface area (Å²) in [4.78, 5) is 12.8. The molecule has 35 heavy (non-hydrogen) atoms. The number of nitrogens with one attached hydrogen (secondary N) is 1. The second-order valence-electron chi connectivity index (χ2n) is 8.57. The van der Waals surface area contributed by atoms with Gasteiger partial charge < -0.3 is 10.1 Å². The Morgan fingerprint density at radius 2 is 1.63 bits per heavy atom. The number of benzene rings is 3. The summed E-state index contributed by atoms with van der Waals surface area (Å²) in [7, 11) is 1.65. The van der Waals surface area contributed by atoms with Crippen LogP contribution in [0.15, 0.2) is 84.0 Å². The fraction of sp³-hybridized carbons (Fsp3) is 0.250. The third kappa shape index (κ3) is 5.74. The first-order chi connectivity index (χ1) is 17.0. The smallest absolute Gasteiger partial charge is 0.230 e. The lowest BCUT2D eigenvalue weighted by Gasteiger charge is -2.17. The molecule has 0 bridgehead atoms. The summed E-state index contributed by atoms with van der Waals surface area (Å²) in [6.45, 7) is 6.32. The first-order valence-corrected chi connectivity index (χ1v) is 12.6. The third-order valence-corrected chi connectivity index (χ3v) is 6.72. The Balaban J connectivity index is 1.63. The average Bonchev–Trinajstić information content (AvgIpc) is 3.31. The van der Waals surface area contributed by atoms with Crippen LogP contribution in [0.3, 0.4) is 0 Å². The number of nitrogens with zero attached hydrogens (tertiary/aromatic N) is 3. The maximum absolute atomic E-state index is 12.8. The number of hydrogen-bond donors (Lipinski definition) is 1. The van der Waals surface area contributed by atoms with Gasteiger partial charge in [-0.25, -0.2) is 0 Å². The molecule has 1 unspecified atom stereocenters. The lowest BCUT2D eigenvalue weighted by atomic mass is 10.0. The molecule has 0 spiro atoms. The van der Waals surface area contributed by atoms with Crippen molar-refractivity contribution in [2.24, 2.45) is 0 Å². The van der Waals surface area contributed by atoms with E-state index in [0.717, 1.165) is 28.4 Å². The van der Waals surface area contributed by atoms with Crippen LogP contribution in [0, 0.1) is 0 Å². The zero-order valence-corrected chi connectivity index (χ0v) is 21.3. The quantitative estimate of drug-likeness (QED) is 0.292. The Morgan fingerprint density at radius 3 is 2.31 bits per heavy atom. The van der Waals surface area contributed by atoms with E-state index in [1.165, 1.54) is 17.3 Å². The minimum atomic E-state index is -0.0707. The van der Waals surface area contributed by atoms with Crippen molar-refractivity contribution in [2.75, 3.05) is 12.9 Å². The predicted molar refractivity (Wildman–Crippen MR) is 141 cm³/mol. The number of rotatable bonds is 9. The van der Waals surface area contributed by atoms with Crippen molar-refractivity contribution < 1.29 is 9.53 Å². The molecule has 7 heteroatoms.